The van der Waals surface area contributed by atoms with Gasteiger partial charge >= 0.3 is 39.5 Å². The van der Waals surface area contributed by atoms with Crippen LogP contribution in [0.1, 0.15) is 299 Å². The van der Waals surface area contributed by atoms with Crippen LogP contribution >= 0.6 is 15.6 Å². The second-order valence-electron chi connectivity index (χ2n) is 24.4. The van der Waals surface area contributed by atoms with Crippen molar-refractivity contribution in [3.63, 3.8) is 0 Å². The molecule has 0 aliphatic heterocycles. The Morgan fingerprint density at radius 2 is 0.694 bits per heavy atom. The van der Waals surface area contributed by atoms with E-state index in [0.717, 1.165) is 121 Å². The molecular formula is C66H124O17P2. The maximum atomic E-state index is 13.0. The van der Waals surface area contributed by atoms with Crippen LogP contribution in [0.3, 0.4) is 0 Å². The van der Waals surface area contributed by atoms with Gasteiger partial charge in [-0.3, -0.25) is 37.3 Å². The Balaban J connectivity index is 5.28. The SMILES string of the molecule is CCCCCC/C=C\C=C/CCCCCCCC(=O)O[C@H](COC(=O)CCCCCCCCC(C)CC)COP(=O)(O)OC[C@H](O)COP(=O)(O)OC[C@@H](COC(=O)CCCCCCCCCC(C)C)OC(=O)CCCCCCCCCC(C)C. The Kier molecular flexibility index (Phi) is 55.1. The first-order chi connectivity index (χ1) is 40.8. The molecule has 0 aliphatic carbocycles. The molecule has 0 saturated carbocycles. The largest absolute Gasteiger partial charge is 0.472 e. The van der Waals surface area contributed by atoms with Crippen LogP contribution in [0, 0.1) is 17.8 Å². The fraction of sp³-hybridized carbons (Fsp3) is 0.879. The van der Waals surface area contributed by atoms with Crippen molar-refractivity contribution in [3.8, 4) is 0 Å². The molecular weight excluding hydrogens is 1130 g/mol. The molecule has 0 rings (SSSR count). The van der Waals surface area contributed by atoms with Crippen LogP contribution in [-0.2, 0) is 65.4 Å². The molecule has 0 aliphatic rings. The lowest BCUT2D eigenvalue weighted by Gasteiger charge is -2.21. The van der Waals surface area contributed by atoms with Crippen molar-refractivity contribution in [1.29, 1.82) is 0 Å². The van der Waals surface area contributed by atoms with E-state index in [-0.39, 0.29) is 25.7 Å². The minimum atomic E-state index is -4.96. The number of rotatable bonds is 62. The van der Waals surface area contributed by atoms with Gasteiger partial charge in [0.05, 0.1) is 26.4 Å². The Morgan fingerprint density at radius 1 is 0.388 bits per heavy atom. The van der Waals surface area contributed by atoms with Gasteiger partial charge < -0.3 is 33.8 Å². The molecule has 500 valence electrons. The number of esters is 4. The molecule has 17 nitrogen and oxygen atoms in total. The zero-order valence-corrected chi connectivity index (χ0v) is 56.3. The van der Waals surface area contributed by atoms with E-state index in [1.54, 1.807) is 0 Å². The van der Waals surface area contributed by atoms with Crippen molar-refractivity contribution in [1.82, 2.24) is 0 Å². The molecule has 0 aromatic rings. The second kappa shape index (κ2) is 56.8. The van der Waals surface area contributed by atoms with E-state index in [1.165, 1.54) is 83.5 Å². The van der Waals surface area contributed by atoms with Gasteiger partial charge in [0.1, 0.15) is 19.3 Å². The van der Waals surface area contributed by atoms with Crippen LogP contribution < -0.4 is 0 Å². The van der Waals surface area contributed by atoms with Crippen LogP contribution in [0.15, 0.2) is 24.3 Å². The summed E-state index contributed by atoms with van der Waals surface area (Å²) in [6.07, 6.45) is 41.4. The molecule has 0 aromatic heterocycles. The van der Waals surface area contributed by atoms with Gasteiger partial charge in [0, 0.05) is 25.7 Å². The smallest absolute Gasteiger partial charge is 0.462 e. The number of aliphatic hydroxyl groups is 1. The quantitative estimate of drug-likeness (QED) is 0.0169. The molecule has 0 saturated heterocycles. The first-order valence-electron chi connectivity index (χ1n) is 33.7. The van der Waals surface area contributed by atoms with Gasteiger partial charge in [-0.1, -0.05) is 246 Å². The molecule has 0 aromatic carbocycles. The van der Waals surface area contributed by atoms with Gasteiger partial charge in [0.2, 0.25) is 0 Å². The monoisotopic (exact) mass is 1250 g/mol. The summed E-state index contributed by atoms with van der Waals surface area (Å²) >= 11 is 0. The minimum Gasteiger partial charge on any atom is -0.462 e. The maximum Gasteiger partial charge on any atom is 0.472 e. The lowest BCUT2D eigenvalue weighted by atomic mass is 10.00. The minimum absolute atomic E-state index is 0.0833. The summed E-state index contributed by atoms with van der Waals surface area (Å²) in [6.45, 7) is 11.6. The van der Waals surface area contributed by atoms with Gasteiger partial charge in [-0.2, -0.15) is 0 Å². The fourth-order valence-electron chi connectivity index (χ4n) is 9.26. The van der Waals surface area contributed by atoms with Gasteiger partial charge in [-0.25, -0.2) is 9.13 Å². The predicted octanol–water partition coefficient (Wildman–Crippen LogP) is 17.8. The number of carbonyl (C=O) groups is 4. The molecule has 6 atom stereocenters. The summed E-state index contributed by atoms with van der Waals surface area (Å²) in [7, 11) is -9.90. The van der Waals surface area contributed by atoms with Crippen LogP contribution in [0.25, 0.3) is 0 Å². The molecule has 19 heteroatoms. The summed E-state index contributed by atoms with van der Waals surface area (Å²) in [5.41, 5.74) is 0. The fourth-order valence-corrected chi connectivity index (χ4v) is 10.8. The van der Waals surface area contributed by atoms with E-state index in [1.807, 2.05) is 0 Å². The number of allylic oxidation sites excluding steroid dienone is 4. The van der Waals surface area contributed by atoms with E-state index in [2.05, 4.69) is 72.8 Å². The highest BCUT2D eigenvalue weighted by molar-refractivity contribution is 7.47. The summed E-state index contributed by atoms with van der Waals surface area (Å²) in [5, 5.41) is 10.5. The van der Waals surface area contributed by atoms with Crippen molar-refractivity contribution in [2.24, 2.45) is 17.8 Å². The van der Waals surface area contributed by atoms with Gasteiger partial charge in [0.15, 0.2) is 12.2 Å². The number of aliphatic hydroxyl groups excluding tert-OH is 1. The van der Waals surface area contributed by atoms with E-state index in [9.17, 15) is 43.2 Å². The highest BCUT2D eigenvalue weighted by Gasteiger charge is 2.30. The van der Waals surface area contributed by atoms with E-state index in [4.69, 9.17) is 37.0 Å². The molecule has 85 heavy (non-hydrogen) atoms. The zero-order chi connectivity index (χ0) is 63.1. The van der Waals surface area contributed by atoms with E-state index < -0.39 is 97.5 Å². The predicted molar refractivity (Wildman–Crippen MR) is 340 cm³/mol. The first kappa shape index (κ1) is 82.5. The third-order valence-corrected chi connectivity index (χ3v) is 16.8. The van der Waals surface area contributed by atoms with Crippen molar-refractivity contribution < 1.29 is 80.2 Å². The molecule has 0 bridgehead atoms. The first-order valence-corrected chi connectivity index (χ1v) is 36.7. The Labute approximate surface area is 516 Å². The zero-order valence-electron chi connectivity index (χ0n) is 54.5. The summed E-state index contributed by atoms with van der Waals surface area (Å²) in [4.78, 5) is 72.2. The lowest BCUT2D eigenvalue weighted by molar-refractivity contribution is -0.161. The second-order valence-corrected chi connectivity index (χ2v) is 27.3. The molecule has 3 unspecified atom stereocenters. The molecule has 0 fully saturated rings. The van der Waals surface area contributed by atoms with Crippen LogP contribution in [0.2, 0.25) is 0 Å². The van der Waals surface area contributed by atoms with Crippen LogP contribution in [0.5, 0.6) is 0 Å². The molecule has 0 amide bonds. The summed E-state index contributed by atoms with van der Waals surface area (Å²) in [6, 6.07) is 0. The van der Waals surface area contributed by atoms with Crippen molar-refractivity contribution in [2.45, 2.75) is 317 Å². The van der Waals surface area contributed by atoms with Gasteiger partial charge in [-0.05, 0) is 69.1 Å². The third-order valence-electron chi connectivity index (χ3n) is 14.9. The maximum absolute atomic E-state index is 13.0. The number of carbonyl (C=O) groups excluding carboxylic acids is 4. The standard InChI is InChI=1S/C66H124O17P2/c1-8-10-11-12-13-14-15-16-17-18-19-20-25-35-42-49-65(70)82-62(54-77-64(69)48-41-34-29-28-32-39-46-59(7)9-2)56-81-85(74,75)79-52-60(67)51-78-84(72,73)80-55-61(83-66(71)50-43-36-27-22-24-31-38-45-58(5)6)53-76-63(68)47-40-33-26-21-23-30-37-44-57(3)4/h14-17,57-62,67H,8-13,18-56H2,1-7H3,(H,72,73)(H,74,75)/b15-14-,17-16-/t59?,60-,61-,62-/m1/s1. The van der Waals surface area contributed by atoms with Crippen LogP contribution in [0.4, 0.5) is 0 Å². The summed E-state index contributed by atoms with van der Waals surface area (Å²) in [5.74, 6) is -0.0430. The van der Waals surface area contributed by atoms with E-state index in [0.29, 0.717) is 37.5 Å². The normalized spacial score (nSPS) is 14.8. The average molecular weight is 1250 g/mol. The van der Waals surface area contributed by atoms with Gasteiger partial charge in [-0.15, -0.1) is 0 Å². The lowest BCUT2D eigenvalue weighted by Crippen LogP contribution is -2.30. The van der Waals surface area contributed by atoms with Gasteiger partial charge in [0.25, 0.3) is 0 Å². The molecule has 0 spiro atoms. The number of hydrogen-bond donors (Lipinski definition) is 3. The number of ether oxygens (including phenoxy) is 4. The average Bonchev–Trinajstić information content (AvgIpc) is 3.53. The number of hydrogen-bond acceptors (Lipinski definition) is 15. The van der Waals surface area contributed by atoms with E-state index >= 15 is 0 Å². The Bertz CT molecular complexity index is 1780. The molecule has 0 radical (unpaired) electrons. The molecule has 3 N–H and O–H groups in total. The molecule has 0 heterocycles. The number of phosphoric ester groups is 2. The van der Waals surface area contributed by atoms with Crippen molar-refractivity contribution in [3.05, 3.63) is 24.3 Å². The van der Waals surface area contributed by atoms with Crippen LogP contribution in [-0.4, -0.2) is 96.7 Å². The summed E-state index contributed by atoms with van der Waals surface area (Å²) < 4.78 is 68.0. The van der Waals surface area contributed by atoms with Crippen molar-refractivity contribution in [2.75, 3.05) is 39.6 Å². The number of unbranched alkanes of at least 4 members (excludes halogenated alkanes) is 26. The number of phosphoric acid groups is 2. The Morgan fingerprint density at radius 3 is 1.05 bits per heavy atom. The third kappa shape index (κ3) is 59.0. The highest BCUT2D eigenvalue weighted by Crippen LogP contribution is 2.45. The van der Waals surface area contributed by atoms with Crippen molar-refractivity contribution >= 4 is 39.5 Å². The topological polar surface area (TPSA) is 237 Å². The highest BCUT2D eigenvalue weighted by atomic mass is 31.2. The Hall–Kier alpha value is -2.46.